The van der Waals surface area contributed by atoms with Crippen molar-refractivity contribution in [1.29, 1.82) is 0 Å². The molecule has 0 aliphatic carbocycles. The topological polar surface area (TPSA) is 77.5 Å². The number of carbonyl (C=O) groups excluding carboxylic acids is 2. The molecule has 6 nitrogen and oxygen atoms in total. The fraction of sp³-hybridized carbons (Fsp3) is 0.0952. The number of rotatable bonds is 6. The number of nitrogens with one attached hydrogen (secondary N) is 1. The number of nitrogens with zero attached hydrogens (tertiary/aromatic N) is 1. The van der Waals surface area contributed by atoms with Crippen molar-refractivity contribution in [3.8, 4) is 5.75 Å². The molecule has 3 rings (SSSR count). The molecule has 3 aromatic rings. The van der Waals surface area contributed by atoms with E-state index in [0.29, 0.717) is 11.4 Å². The molecule has 1 amide bonds. The van der Waals surface area contributed by atoms with E-state index in [-0.39, 0.29) is 6.61 Å². The lowest BCUT2D eigenvalue weighted by Crippen LogP contribution is -2.20. The predicted octanol–water partition coefficient (Wildman–Crippen LogP) is 3.44. The quantitative estimate of drug-likeness (QED) is 0.537. The van der Waals surface area contributed by atoms with Crippen LogP contribution in [0.15, 0.2) is 66.9 Å². The van der Waals surface area contributed by atoms with Crippen LogP contribution in [0.1, 0.15) is 5.56 Å². The zero-order valence-corrected chi connectivity index (χ0v) is 14.7. The molecule has 1 heterocycles. The van der Waals surface area contributed by atoms with Crippen LogP contribution in [0.25, 0.3) is 17.0 Å². The highest BCUT2D eigenvalue weighted by Crippen LogP contribution is 2.17. The van der Waals surface area contributed by atoms with Gasteiger partial charge in [0.25, 0.3) is 5.91 Å². The van der Waals surface area contributed by atoms with Gasteiger partial charge in [-0.25, -0.2) is 4.79 Å². The molecule has 2 aromatic carbocycles. The number of ether oxygens (including phenoxy) is 2. The highest BCUT2D eigenvalue weighted by molar-refractivity contribution is 5.96. The Morgan fingerprint density at radius 3 is 2.63 bits per heavy atom. The van der Waals surface area contributed by atoms with Crippen molar-refractivity contribution in [2.75, 3.05) is 19.0 Å². The van der Waals surface area contributed by atoms with Crippen molar-refractivity contribution in [2.45, 2.75) is 0 Å². The van der Waals surface area contributed by atoms with Gasteiger partial charge in [0.2, 0.25) is 0 Å². The van der Waals surface area contributed by atoms with E-state index < -0.39 is 11.9 Å². The number of pyridine rings is 1. The summed E-state index contributed by atoms with van der Waals surface area (Å²) >= 11 is 0. The van der Waals surface area contributed by atoms with Crippen molar-refractivity contribution in [3.63, 3.8) is 0 Å². The molecule has 27 heavy (non-hydrogen) atoms. The highest BCUT2D eigenvalue weighted by atomic mass is 16.5. The molecule has 1 aromatic heterocycles. The Balaban J connectivity index is 1.54. The summed E-state index contributed by atoms with van der Waals surface area (Å²) in [7, 11) is 1.56. The summed E-state index contributed by atoms with van der Waals surface area (Å²) < 4.78 is 10.0. The Morgan fingerprint density at radius 2 is 1.85 bits per heavy atom. The maximum atomic E-state index is 11.9. The molecule has 0 fully saturated rings. The first-order chi connectivity index (χ1) is 13.2. The monoisotopic (exact) mass is 362 g/mol. The summed E-state index contributed by atoms with van der Waals surface area (Å²) in [6, 6.07) is 16.3. The number of carbonyl (C=O) groups is 2. The number of benzene rings is 2. The van der Waals surface area contributed by atoms with Gasteiger partial charge < -0.3 is 14.8 Å². The van der Waals surface area contributed by atoms with Crippen molar-refractivity contribution in [2.24, 2.45) is 0 Å². The molecule has 0 saturated carbocycles. The number of hydrogen-bond donors (Lipinski definition) is 1. The highest BCUT2D eigenvalue weighted by Gasteiger charge is 2.06. The average Bonchev–Trinajstić information content (AvgIpc) is 2.71. The Hall–Kier alpha value is -3.67. The molecule has 0 aliphatic heterocycles. The van der Waals surface area contributed by atoms with Gasteiger partial charge in [0.1, 0.15) is 5.75 Å². The van der Waals surface area contributed by atoms with Crippen molar-refractivity contribution in [1.82, 2.24) is 4.98 Å². The maximum Gasteiger partial charge on any atom is 0.331 e. The Morgan fingerprint density at radius 1 is 1.07 bits per heavy atom. The minimum absolute atomic E-state index is 0.372. The molecule has 0 aliphatic rings. The molecular weight excluding hydrogens is 344 g/mol. The van der Waals surface area contributed by atoms with Gasteiger partial charge in [-0.3, -0.25) is 9.78 Å². The first kappa shape index (κ1) is 18.1. The maximum absolute atomic E-state index is 11.9. The number of esters is 1. The van der Waals surface area contributed by atoms with E-state index in [0.717, 1.165) is 16.5 Å². The van der Waals surface area contributed by atoms with E-state index in [1.165, 1.54) is 6.08 Å². The zero-order chi connectivity index (χ0) is 19.1. The van der Waals surface area contributed by atoms with Gasteiger partial charge in [-0.05, 0) is 36.4 Å². The Kier molecular flexibility index (Phi) is 5.79. The summed E-state index contributed by atoms with van der Waals surface area (Å²) in [5, 5.41) is 3.62. The molecule has 0 spiro atoms. The molecule has 0 unspecified atom stereocenters. The third-order valence-electron chi connectivity index (χ3n) is 3.78. The van der Waals surface area contributed by atoms with E-state index in [2.05, 4.69) is 10.3 Å². The second-order valence-corrected chi connectivity index (χ2v) is 5.64. The van der Waals surface area contributed by atoms with Crippen molar-refractivity contribution < 1.29 is 19.1 Å². The largest absolute Gasteiger partial charge is 0.497 e. The molecule has 0 radical (unpaired) electrons. The number of aromatic nitrogens is 1. The van der Waals surface area contributed by atoms with Gasteiger partial charge in [0, 0.05) is 28.9 Å². The number of para-hydroxylation sites is 1. The summed E-state index contributed by atoms with van der Waals surface area (Å²) in [5.41, 5.74) is 2.18. The summed E-state index contributed by atoms with van der Waals surface area (Å²) in [5.74, 6) is -0.339. The summed E-state index contributed by atoms with van der Waals surface area (Å²) in [6.45, 7) is -0.372. The average molecular weight is 362 g/mol. The fourth-order valence-corrected chi connectivity index (χ4v) is 2.48. The summed E-state index contributed by atoms with van der Waals surface area (Å²) in [4.78, 5) is 28.0. The fourth-order valence-electron chi connectivity index (χ4n) is 2.48. The first-order valence-corrected chi connectivity index (χ1v) is 8.28. The van der Waals surface area contributed by atoms with E-state index in [4.69, 9.17) is 9.47 Å². The van der Waals surface area contributed by atoms with Gasteiger partial charge in [-0.1, -0.05) is 24.3 Å². The molecule has 136 valence electrons. The molecule has 1 N–H and O–H groups in total. The number of methoxy groups -OCH3 is 1. The number of hydrogen-bond acceptors (Lipinski definition) is 5. The molecule has 0 atom stereocenters. The lowest BCUT2D eigenvalue weighted by Gasteiger charge is -2.06. The summed E-state index contributed by atoms with van der Waals surface area (Å²) in [6.07, 6.45) is 4.60. The number of fused-ring (bicyclic) bond motifs is 1. The third kappa shape index (κ3) is 4.92. The van der Waals surface area contributed by atoms with Crippen LogP contribution in [-0.4, -0.2) is 30.6 Å². The molecule has 0 bridgehead atoms. The van der Waals surface area contributed by atoms with Crippen LogP contribution in [0, 0.1) is 0 Å². The van der Waals surface area contributed by atoms with Crippen LogP contribution in [0.2, 0.25) is 0 Å². The van der Waals surface area contributed by atoms with Crippen molar-refractivity contribution in [3.05, 3.63) is 72.4 Å². The van der Waals surface area contributed by atoms with Crippen LogP contribution in [0.4, 0.5) is 5.69 Å². The van der Waals surface area contributed by atoms with Gasteiger partial charge in [0.15, 0.2) is 6.61 Å². The third-order valence-corrected chi connectivity index (χ3v) is 3.78. The van der Waals surface area contributed by atoms with Crippen LogP contribution in [0.3, 0.4) is 0 Å². The predicted molar refractivity (Wildman–Crippen MR) is 103 cm³/mol. The van der Waals surface area contributed by atoms with Gasteiger partial charge in [0.05, 0.1) is 12.6 Å². The Labute approximate surface area is 156 Å². The number of amides is 1. The normalized spacial score (nSPS) is 10.7. The van der Waals surface area contributed by atoms with Crippen molar-refractivity contribution >= 4 is 34.5 Å². The van der Waals surface area contributed by atoms with Crippen LogP contribution in [-0.2, 0) is 14.3 Å². The van der Waals surface area contributed by atoms with E-state index in [1.807, 2.05) is 30.3 Å². The second kappa shape index (κ2) is 8.62. The van der Waals surface area contributed by atoms with E-state index >= 15 is 0 Å². The number of anilines is 1. The molecule has 6 heteroatoms. The minimum atomic E-state index is -0.604. The smallest absolute Gasteiger partial charge is 0.331 e. The zero-order valence-electron chi connectivity index (χ0n) is 14.7. The van der Waals surface area contributed by atoms with Crippen LogP contribution >= 0.6 is 0 Å². The SMILES string of the molecule is COc1ccc(NC(=O)COC(=O)/C=C/c2cccc3cccnc23)cc1. The van der Waals surface area contributed by atoms with Crippen LogP contribution in [0.5, 0.6) is 5.75 Å². The lowest BCUT2D eigenvalue weighted by atomic mass is 10.1. The minimum Gasteiger partial charge on any atom is -0.497 e. The molecule has 0 saturated heterocycles. The Bertz CT molecular complexity index is 976. The standard InChI is InChI=1S/C21H18N2O4/c1-26-18-10-8-17(9-11-18)23-19(24)14-27-20(25)12-7-16-5-2-4-15-6-3-13-22-21(15)16/h2-13H,14H2,1H3,(H,23,24)/b12-7+. The molecular formula is C21H18N2O4. The van der Waals surface area contributed by atoms with E-state index in [1.54, 1.807) is 43.6 Å². The van der Waals surface area contributed by atoms with Crippen LogP contribution < -0.4 is 10.1 Å². The first-order valence-electron chi connectivity index (χ1n) is 8.28. The van der Waals surface area contributed by atoms with Gasteiger partial charge >= 0.3 is 5.97 Å². The van der Waals surface area contributed by atoms with E-state index in [9.17, 15) is 9.59 Å². The second-order valence-electron chi connectivity index (χ2n) is 5.64. The lowest BCUT2D eigenvalue weighted by molar-refractivity contribution is -0.142. The van der Waals surface area contributed by atoms with Gasteiger partial charge in [-0.2, -0.15) is 0 Å². The van der Waals surface area contributed by atoms with Gasteiger partial charge in [-0.15, -0.1) is 0 Å².